The maximum Gasteiger partial charge on any atom is 0.319 e. The van der Waals surface area contributed by atoms with Gasteiger partial charge < -0.3 is 15.7 Å². The Morgan fingerprint density at radius 3 is 2.71 bits per heavy atom. The van der Waals surface area contributed by atoms with Crippen LogP contribution in [0.2, 0.25) is 0 Å². The van der Waals surface area contributed by atoms with Crippen LogP contribution in [0.25, 0.3) is 0 Å². The van der Waals surface area contributed by atoms with Crippen molar-refractivity contribution in [3.8, 4) is 0 Å². The zero-order valence-electron chi connectivity index (χ0n) is 12.0. The van der Waals surface area contributed by atoms with E-state index in [2.05, 4.69) is 15.7 Å². The first-order valence-electron chi connectivity index (χ1n) is 6.96. The summed E-state index contributed by atoms with van der Waals surface area (Å²) in [7, 11) is 0. The average Bonchev–Trinajstić information content (AvgIpc) is 3.00. The molecule has 1 heterocycles. The molecule has 2 rings (SSSR count). The molecule has 2 amide bonds. The fraction of sp³-hybridized carbons (Fsp3) is 0.333. The number of aromatic nitrogens is 2. The van der Waals surface area contributed by atoms with E-state index < -0.39 is 0 Å². The molecule has 0 aliphatic heterocycles. The first kappa shape index (κ1) is 15.1. The Hall–Kier alpha value is -2.34. The second-order valence-corrected chi connectivity index (χ2v) is 4.79. The third-order valence-corrected chi connectivity index (χ3v) is 3.16. The highest BCUT2D eigenvalue weighted by atomic mass is 16.3. The van der Waals surface area contributed by atoms with Crippen LogP contribution in [0.3, 0.4) is 0 Å². The molecule has 1 unspecified atom stereocenters. The fourth-order valence-electron chi connectivity index (χ4n) is 1.90. The third-order valence-electron chi connectivity index (χ3n) is 3.16. The van der Waals surface area contributed by atoms with Gasteiger partial charge in [-0.05, 0) is 30.2 Å². The van der Waals surface area contributed by atoms with Gasteiger partial charge in [-0.25, -0.2) is 4.79 Å². The first-order chi connectivity index (χ1) is 10.2. The van der Waals surface area contributed by atoms with Gasteiger partial charge in [-0.2, -0.15) is 5.10 Å². The molecular weight excluding hydrogens is 268 g/mol. The molecule has 0 fully saturated rings. The monoisotopic (exact) mass is 288 g/mol. The van der Waals surface area contributed by atoms with Gasteiger partial charge in [0.15, 0.2) is 0 Å². The zero-order chi connectivity index (χ0) is 15.1. The van der Waals surface area contributed by atoms with Crippen LogP contribution in [-0.2, 0) is 6.54 Å². The third kappa shape index (κ3) is 4.61. The van der Waals surface area contributed by atoms with Crippen LogP contribution in [0.1, 0.15) is 18.9 Å². The molecule has 1 aromatic heterocycles. The molecule has 0 saturated carbocycles. The highest BCUT2D eigenvalue weighted by Gasteiger charge is 2.08. The normalized spacial score (nSPS) is 11.9. The zero-order valence-corrected chi connectivity index (χ0v) is 12.0. The lowest BCUT2D eigenvalue weighted by atomic mass is 10.2. The number of aliphatic hydroxyl groups excluding tert-OH is 1. The lowest BCUT2D eigenvalue weighted by Crippen LogP contribution is -2.39. The number of hydrogen-bond acceptors (Lipinski definition) is 3. The van der Waals surface area contributed by atoms with E-state index in [-0.39, 0.29) is 18.7 Å². The van der Waals surface area contributed by atoms with Crippen molar-refractivity contribution in [2.24, 2.45) is 0 Å². The molecule has 0 aliphatic rings. The Balaban J connectivity index is 1.88. The number of carbonyl (C=O) groups is 1. The van der Waals surface area contributed by atoms with Crippen LogP contribution in [0, 0.1) is 0 Å². The van der Waals surface area contributed by atoms with Gasteiger partial charge in [-0.3, -0.25) is 4.68 Å². The molecule has 3 N–H and O–H groups in total. The summed E-state index contributed by atoms with van der Waals surface area (Å²) in [5.74, 6) is 0. The van der Waals surface area contributed by atoms with Crippen molar-refractivity contribution in [1.82, 2.24) is 15.1 Å². The van der Waals surface area contributed by atoms with Crippen molar-refractivity contribution in [3.05, 3.63) is 48.3 Å². The number of hydrogen-bond donors (Lipinski definition) is 3. The molecule has 1 atom stereocenters. The van der Waals surface area contributed by atoms with E-state index in [0.717, 1.165) is 5.56 Å². The van der Waals surface area contributed by atoms with Gasteiger partial charge in [0.2, 0.25) is 0 Å². The average molecular weight is 288 g/mol. The van der Waals surface area contributed by atoms with Gasteiger partial charge in [0.1, 0.15) is 0 Å². The van der Waals surface area contributed by atoms with Gasteiger partial charge >= 0.3 is 6.03 Å². The van der Waals surface area contributed by atoms with Crippen LogP contribution in [0.4, 0.5) is 10.5 Å². The van der Waals surface area contributed by atoms with Crippen molar-refractivity contribution in [2.45, 2.75) is 25.9 Å². The van der Waals surface area contributed by atoms with Gasteiger partial charge in [0.05, 0.1) is 19.2 Å². The number of amides is 2. The van der Waals surface area contributed by atoms with Gasteiger partial charge in [0, 0.05) is 18.1 Å². The van der Waals surface area contributed by atoms with Gasteiger partial charge in [0.25, 0.3) is 0 Å². The Labute approximate surface area is 123 Å². The summed E-state index contributed by atoms with van der Waals surface area (Å²) >= 11 is 0. The summed E-state index contributed by atoms with van der Waals surface area (Å²) < 4.78 is 1.84. The molecule has 1 aromatic carbocycles. The number of carbonyl (C=O) groups excluding carboxylic acids is 1. The highest BCUT2D eigenvalue weighted by Crippen LogP contribution is 2.10. The number of nitrogens with zero attached hydrogens (tertiary/aromatic N) is 2. The molecule has 0 bridgehead atoms. The van der Waals surface area contributed by atoms with E-state index in [4.69, 9.17) is 5.11 Å². The molecule has 0 saturated heterocycles. The van der Waals surface area contributed by atoms with Crippen LogP contribution in [0.15, 0.2) is 42.7 Å². The van der Waals surface area contributed by atoms with E-state index in [9.17, 15) is 4.79 Å². The predicted octanol–water partition coefficient (Wildman–Crippen LogP) is 1.82. The summed E-state index contributed by atoms with van der Waals surface area (Å²) in [6, 6.07) is 8.93. The van der Waals surface area contributed by atoms with Crippen molar-refractivity contribution >= 4 is 11.7 Å². The Kier molecular flexibility index (Phi) is 5.34. The van der Waals surface area contributed by atoms with Crippen molar-refractivity contribution < 1.29 is 9.90 Å². The van der Waals surface area contributed by atoms with Crippen LogP contribution < -0.4 is 10.6 Å². The Morgan fingerprint density at radius 2 is 2.14 bits per heavy atom. The van der Waals surface area contributed by atoms with E-state index in [0.29, 0.717) is 18.7 Å². The highest BCUT2D eigenvalue weighted by molar-refractivity contribution is 5.89. The summed E-state index contributed by atoms with van der Waals surface area (Å²) in [4.78, 5) is 11.7. The minimum Gasteiger partial charge on any atom is -0.394 e. The maximum absolute atomic E-state index is 11.7. The molecule has 112 valence electrons. The first-order valence-corrected chi connectivity index (χ1v) is 6.96. The van der Waals surface area contributed by atoms with Crippen molar-refractivity contribution in [3.63, 3.8) is 0 Å². The van der Waals surface area contributed by atoms with Crippen LogP contribution >= 0.6 is 0 Å². The SMILES string of the molecule is CCC(CO)NC(=O)Nc1ccc(Cn2cccn2)cc1. The molecule has 21 heavy (non-hydrogen) atoms. The molecule has 6 heteroatoms. The minimum atomic E-state index is -0.310. The lowest BCUT2D eigenvalue weighted by molar-refractivity contribution is 0.222. The molecule has 6 nitrogen and oxygen atoms in total. The molecule has 0 spiro atoms. The summed E-state index contributed by atoms with van der Waals surface area (Å²) in [6.07, 6.45) is 4.33. The minimum absolute atomic E-state index is 0.0628. The quantitative estimate of drug-likeness (QED) is 0.758. The molecule has 0 radical (unpaired) electrons. The number of anilines is 1. The summed E-state index contributed by atoms with van der Waals surface area (Å²) in [6.45, 7) is 2.54. The topological polar surface area (TPSA) is 79.2 Å². The molecular formula is C15H20N4O2. The number of aliphatic hydroxyl groups is 1. The Morgan fingerprint density at radius 1 is 1.38 bits per heavy atom. The van der Waals surface area contributed by atoms with Gasteiger partial charge in [-0.15, -0.1) is 0 Å². The maximum atomic E-state index is 11.7. The second-order valence-electron chi connectivity index (χ2n) is 4.79. The van der Waals surface area contributed by atoms with Crippen LogP contribution in [-0.4, -0.2) is 33.6 Å². The molecule has 0 aliphatic carbocycles. The number of urea groups is 1. The fourth-order valence-corrected chi connectivity index (χ4v) is 1.90. The van der Waals surface area contributed by atoms with Gasteiger partial charge in [-0.1, -0.05) is 19.1 Å². The number of benzene rings is 1. The second kappa shape index (κ2) is 7.44. The standard InChI is InChI=1S/C15H20N4O2/c1-2-13(11-20)17-15(21)18-14-6-4-12(5-7-14)10-19-9-3-8-16-19/h3-9,13,20H,2,10-11H2,1H3,(H2,17,18,21). The smallest absolute Gasteiger partial charge is 0.319 e. The Bertz CT molecular complexity index is 548. The summed E-state index contributed by atoms with van der Waals surface area (Å²) in [5, 5.41) is 18.6. The number of nitrogens with one attached hydrogen (secondary N) is 2. The predicted molar refractivity (Wildman–Crippen MR) is 81.1 cm³/mol. The lowest BCUT2D eigenvalue weighted by Gasteiger charge is -2.14. The molecule has 2 aromatic rings. The van der Waals surface area contributed by atoms with E-state index >= 15 is 0 Å². The van der Waals surface area contributed by atoms with Crippen LogP contribution in [0.5, 0.6) is 0 Å². The van der Waals surface area contributed by atoms with E-state index in [1.165, 1.54) is 0 Å². The summed E-state index contributed by atoms with van der Waals surface area (Å²) in [5.41, 5.74) is 1.82. The van der Waals surface area contributed by atoms with Crippen molar-refractivity contribution in [1.29, 1.82) is 0 Å². The largest absolute Gasteiger partial charge is 0.394 e. The number of rotatable bonds is 6. The van der Waals surface area contributed by atoms with E-state index in [1.807, 2.05) is 48.1 Å². The van der Waals surface area contributed by atoms with Crippen molar-refractivity contribution in [2.75, 3.05) is 11.9 Å². The van der Waals surface area contributed by atoms with E-state index in [1.54, 1.807) is 6.20 Å².